The van der Waals surface area contributed by atoms with Crippen molar-refractivity contribution in [2.24, 2.45) is 5.92 Å². The van der Waals surface area contributed by atoms with E-state index in [0.29, 0.717) is 0 Å². The molecule has 0 saturated heterocycles. The second-order valence-electron chi connectivity index (χ2n) is 3.87. The van der Waals surface area contributed by atoms with Crippen LogP contribution >= 0.6 is 0 Å². The minimum Gasteiger partial charge on any atom is -0.497 e. The number of carbonyl (C=O) groups excluding carboxylic acids is 2. The third-order valence-electron chi connectivity index (χ3n) is 2.61. The molecule has 98 valence electrons. The predicted octanol–water partition coefficient (Wildman–Crippen LogP) is 1.48. The Balaban J connectivity index is 2.81. The van der Waals surface area contributed by atoms with Crippen LogP contribution in [0.25, 0.3) is 0 Å². The highest BCUT2D eigenvalue weighted by Gasteiger charge is 2.25. The maximum absolute atomic E-state index is 11.6. The molecule has 0 radical (unpaired) electrons. The van der Waals surface area contributed by atoms with Gasteiger partial charge in [0, 0.05) is 11.6 Å². The highest BCUT2D eigenvalue weighted by Crippen LogP contribution is 2.17. The summed E-state index contributed by atoms with van der Waals surface area (Å²) in [5.74, 6) is -0.219. The number of carbonyl (C=O) groups is 2. The number of esters is 1. The number of aldehydes is 1. The molecule has 0 saturated carbocycles. The second-order valence-corrected chi connectivity index (χ2v) is 3.87. The third-order valence-corrected chi connectivity index (χ3v) is 2.61. The van der Waals surface area contributed by atoms with E-state index in [2.05, 4.69) is 10.1 Å². The van der Waals surface area contributed by atoms with Gasteiger partial charge in [-0.3, -0.25) is 0 Å². The standard InChI is InChI=1S/C13H17NO4/c1-9(8-15)12(13(16)18-3)14-10-4-6-11(17-2)7-5-10/h4-9,12,14H,1-3H3/t9-,12-/m0/s1. The van der Waals surface area contributed by atoms with Gasteiger partial charge in [0.05, 0.1) is 14.2 Å². The molecule has 1 N–H and O–H groups in total. The first-order valence-corrected chi connectivity index (χ1v) is 5.56. The highest BCUT2D eigenvalue weighted by atomic mass is 16.5. The van der Waals surface area contributed by atoms with E-state index >= 15 is 0 Å². The molecule has 18 heavy (non-hydrogen) atoms. The number of hydrogen-bond donors (Lipinski definition) is 1. The predicted molar refractivity (Wildman–Crippen MR) is 67.6 cm³/mol. The summed E-state index contributed by atoms with van der Waals surface area (Å²) in [5, 5.41) is 2.97. The molecule has 0 fully saturated rings. The van der Waals surface area contributed by atoms with Crippen LogP contribution in [0.2, 0.25) is 0 Å². The maximum atomic E-state index is 11.6. The van der Waals surface area contributed by atoms with E-state index in [1.165, 1.54) is 7.11 Å². The fourth-order valence-electron chi connectivity index (χ4n) is 1.48. The van der Waals surface area contributed by atoms with Crippen LogP contribution in [0.1, 0.15) is 6.92 Å². The first-order chi connectivity index (χ1) is 8.62. The lowest BCUT2D eigenvalue weighted by molar-refractivity contribution is -0.143. The third kappa shape index (κ3) is 3.48. The molecule has 5 heteroatoms. The van der Waals surface area contributed by atoms with E-state index in [9.17, 15) is 9.59 Å². The summed E-state index contributed by atoms with van der Waals surface area (Å²) in [4.78, 5) is 22.4. The van der Waals surface area contributed by atoms with Gasteiger partial charge in [-0.1, -0.05) is 6.92 Å². The quantitative estimate of drug-likeness (QED) is 0.613. The molecule has 0 aliphatic heterocycles. The summed E-state index contributed by atoms with van der Waals surface area (Å²) in [5.41, 5.74) is 0.722. The van der Waals surface area contributed by atoms with Crippen LogP contribution in [0.4, 0.5) is 5.69 Å². The minimum atomic E-state index is -0.694. The normalized spacial score (nSPS) is 13.3. The van der Waals surface area contributed by atoms with E-state index in [4.69, 9.17) is 4.74 Å². The Labute approximate surface area is 106 Å². The molecule has 0 aliphatic carbocycles. The van der Waals surface area contributed by atoms with E-state index in [1.807, 2.05) is 0 Å². The summed E-state index contributed by atoms with van der Waals surface area (Å²) in [6.45, 7) is 1.66. The van der Waals surface area contributed by atoms with Crippen LogP contribution in [0, 0.1) is 5.92 Å². The van der Waals surface area contributed by atoms with Crippen LogP contribution in [0.15, 0.2) is 24.3 Å². The molecule has 0 spiro atoms. The molecule has 1 rings (SSSR count). The van der Waals surface area contributed by atoms with Crippen molar-refractivity contribution in [2.75, 3.05) is 19.5 Å². The number of nitrogens with one attached hydrogen (secondary N) is 1. The summed E-state index contributed by atoms with van der Waals surface area (Å²) >= 11 is 0. The summed E-state index contributed by atoms with van der Waals surface area (Å²) < 4.78 is 9.70. The van der Waals surface area contributed by atoms with Crippen molar-refractivity contribution in [1.82, 2.24) is 0 Å². The Bertz CT molecular complexity index is 402. The lowest BCUT2D eigenvalue weighted by Gasteiger charge is -2.20. The van der Waals surface area contributed by atoms with Gasteiger partial charge in [-0.15, -0.1) is 0 Å². The Morgan fingerprint density at radius 1 is 1.28 bits per heavy atom. The molecule has 0 heterocycles. The van der Waals surface area contributed by atoms with Crippen molar-refractivity contribution in [1.29, 1.82) is 0 Å². The van der Waals surface area contributed by atoms with Gasteiger partial charge in [0.2, 0.25) is 0 Å². The highest BCUT2D eigenvalue weighted by molar-refractivity contribution is 5.83. The topological polar surface area (TPSA) is 64.6 Å². The van der Waals surface area contributed by atoms with Gasteiger partial charge in [0.15, 0.2) is 0 Å². The average molecular weight is 251 g/mol. The molecular formula is C13H17NO4. The zero-order valence-corrected chi connectivity index (χ0v) is 10.7. The Hall–Kier alpha value is -2.04. The molecule has 0 unspecified atom stereocenters. The van der Waals surface area contributed by atoms with E-state index < -0.39 is 17.9 Å². The molecule has 1 aromatic rings. The second kappa shape index (κ2) is 6.64. The van der Waals surface area contributed by atoms with Crippen molar-refractivity contribution < 1.29 is 19.1 Å². The van der Waals surface area contributed by atoms with E-state index in [-0.39, 0.29) is 0 Å². The van der Waals surface area contributed by atoms with Gasteiger partial charge in [-0.25, -0.2) is 4.79 Å². The Kier molecular flexibility index (Phi) is 5.17. The van der Waals surface area contributed by atoms with Crippen LogP contribution in [-0.2, 0) is 14.3 Å². The fraction of sp³-hybridized carbons (Fsp3) is 0.385. The number of anilines is 1. The Morgan fingerprint density at radius 3 is 2.33 bits per heavy atom. The van der Waals surface area contributed by atoms with E-state index in [1.54, 1.807) is 38.3 Å². The molecule has 1 aromatic carbocycles. The summed E-state index contributed by atoms with van der Waals surface area (Å²) in [6.07, 6.45) is 0.720. The molecule has 0 bridgehead atoms. The van der Waals surface area contributed by atoms with Crippen molar-refractivity contribution in [3.05, 3.63) is 24.3 Å². The molecule has 2 atom stereocenters. The van der Waals surface area contributed by atoms with Crippen LogP contribution in [0.5, 0.6) is 5.75 Å². The summed E-state index contributed by atoms with van der Waals surface area (Å²) in [7, 11) is 2.87. The molecule has 0 amide bonds. The van der Waals surface area contributed by atoms with Crippen molar-refractivity contribution in [3.8, 4) is 5.75 Å². The molecule has 0 aromatic heterocycles. The van der Waals surface area contributed by atoms with Gasteiger partial charge < -0.3 is 19.6 Å². The lowest BCUT2D eigenvalue weighted by atomic mass is 10.0. The van der Waals surface area contributed by atoms with Crippen molar-refractivity contribution in [3.63, 3.8) is 0 Å². The largest absolute Gasteiger partial charge is 0.497 e. The molecule has 0 aliphatic rings. The number of ether oxygens (including phenoxy) is 2. The van der Waals surface area contributed by atoms with Crippen LogP contribution < -0.4 is 10.1 Å². The van der Waals surface area contributed by atoms with Crippen molar-refractivity contribution >= 4 is 17.9 Å². The molecular weight excluding hydrogens is 234 g/mol. The van der Waals surface area contributed by atoms with Crippen LogP contribution in [0.3, 0.4) is 0 Å². The number of methoxy groups -OCH3 is 2. The average Bonchev–Trinajstić information content (AvgIpc) is 2.43. The first kappa shape index (κ1) is 14.0. The zero-order valence-electron chi connectivity index (χ0n) is 10.7. The van der Waals surface area contributed by atoms with Gasteiger partial charge >= 0.3 is 5.97 Å². The lowest BCUT2D eigenvalue weighted by Crippen LogP contribution is -2.37. The Morgan fingerprint density at radius 2 is 1.89 bits per heavy atom. The zero-order chi connectivity index (χ0) is 13.5. The maximum Gasteiger partial charge on any atom is 0.329 e. The summed E-state index contributed by atoms with van der Waals surface area (Å²) in [6, 6.07) is 6.38. The van der Waals surface area contributed by atoms with Gasteiger partial charge in [-0.2, -0.15) is 0 Å². The number of rotatable bonds is 6. The first-order valence-electron chi connectivity index (χ1n) is 5.56. The SMILES string of the molecule is COC(=O)[C@@H](Nc1ccc(OC)cc1)[C@@H](C)C=O. The number of hydrogen-bond acceptors (Lipinski definition) is 5. The van der Waals surface area contributed by atoms with Crippen LogP contribution in [-0.4, -0.2) is 32.5 Å². The van der Waals surface area contributed by atoms with Gasteiger partial charge in [0.25, 0.3) is 0 Å². The smallest absolute Gasteiger partial charge is 0.329 e. The van der Waals surface area contributed by atoms with Gasteiger partial charge in [0.1, 0.15) is 18.1 Å². The van der Waals surface area contributed by atoms with E-state index in [0.717, 1.165) is 17.7 Å². The fourth-order valence-corrected chi connectivity index (χ4v) is 1.48. The van der Waals surface area contributed by atoms with Gasteiger partial charge in [-0.05, 0) is 24.3 Å². The number of benzene rings is 1. The monoisotopic (exact) mass is 251 g/mol. The minimum absolute atomic E-state index is 0.467. The molecule has 5 nitrogen and oxygen atoms in total. The van der Waals surface area contributed by atoms with Crippen molar-refractivity contribution in [2.45, 2.75) is 13.0 Å².